The molecule has 4 aliphatic rings. The van der Waals surface area contributed by atoms with Crippen molar-refractivity contribution in [2.45, 2.75) is 104 Å². The van der Waals surface area contributed by atoms with Crippen molar-refractivity contribution < 1.29 is 24.2 Å². The van der Waals surface area contributed by atoms with Crippen molar-refractivity contribution in [3.05, 3.63) is 0 Å². The van der Waals surface area contributed by atoms with Gasteiger partial charge in [0.2, 0.25) is 0 Å². The number of aliphatic hydroxyl groups is 1. The zero-order chi connectivity index (χ0) is 24.8. The van der Waals surface area contributed by atoms with E-state index in [0.717, 1.165) is 51.5 Å². The summed E-state index contributed by atoms with van der Waals surface area (Å²) in [7, 11) is 1.53. The van der Waals surface area contributed by atoms with Gasteiger partial charge < -0.3 is 19.9 Å². The van der Waals surface area contributed by atoms with Crippen molar-refractivity contribution in [1.29, 1.82) is 0 Å². The van der Waals surface area contributed by atoms with Crippen molar-refractivity contribution in [2.24, 2.45) is 46.3 Å². The molecule has 10 atom stereocenters. The van der Waals surface area contributed by atoms with E-state index in [4.69, 9.17) is 9.47 Å². The minimum atomic E-state index is -0.611. The van der Waals surface area contributed by atoms with Crippen molar-refractivity contribution >= 4 is 11.9 Å². The van der Waals surface area contributed by atoms with Gasteiger partial charge in [0.15, 0.2) is 0 Å². The van der Waals surface area contributed by atoms with E-state index >= 15 is 0 Å². The van der Waals surface area contributed by atoms with E-state index in [1.165, 1.54) is 14.0 Å². The summed E-state index contributed by atoms with van der Waals surface area (Å²) in [6.07, 6.45) is 6.84. The molecule has 6 nitrogen and oxygen atoms in total. The Morgan fingerprint density at radius 3 is 2.47 bits per heavy atom. The van der Waals surface area contributed by atoms with Crippen molar-refractivity contribution in [2.75, 3.05) is 13.7 Å². The Morgan fingerprint density at radius 1 is 1.09 bits per heavy atom. The molecular formula is C28H47NO5. The summed E-state index contributed by atoms with van der Waals surface area (Å²) >= 11 is 0. The number of rotatable bonds is 6. The molecule has 2 N–H and O–H groups in total. The van der Waals surface area contributed by atoms with Crippen LogP contribution in [-0.2, 0) is 19.1 Å². The molecule has 0 saturated heterocycles. The molecule has 0 bridgehead atoms. The number of hydrogen-bond donors (Lipinski definition) is 2. The van der Waals surface area contributed by atoms with E-state index in [0.29, 0.717) is 42.1 Å². The number of ether oxygens (including phenoxy) is 2. The molecule has 0 radical (unpaired) electrons. The van der Waals surface area contributed by atoms with Gasteiger partial charge in [0, 0.05) is 13.0 Å². The lowest BCUT2D eigenvalue weighted by atomic mass is 9.43. The molecule has 0 aromatic rings. The summed E-state index contributed by atoms with van der Waals surface area (Å²) in [5.41, 5.74) is -0.0420. The fourth-order valence-electron chi connectivity index (χ4n) is 9.07. The topological polar surface area (TPSA) is 84.9 Å². The van der Waals surface area contributed by atoms with Gasteiger partial charge in [0.25, 0.3) is 0 Å². The minimum Gasteiger partial charge on any atom is -0.469 e. The van der Waals surface area contributed by atoms with Crippen LogP contribution in [0.2, 0.25) is 0 Å². The molecule has 0 amide bonds. The van der Waals surface area contributed by atoms with Crippen LogP contribution < -0.4 is 5.32 Å². The molecule has 4 rings (SSSR count). The fourth-order valence-corrected chi connectivity index (χ4v) is 9.07. The van der Waals surface area contributed by atoms with Crippen LogP contribution in [0.25, 0.3) is 0 Å². The largest absolute Gasteiger partial charge is 0.469 e. The maximum absolute atomic E-state index is 12.8. The standard InChI is InChI=1S/C28H47NO5/c1-16(2)11-12-29-22-14-28(5)20(9-10-21(28)26(32)33-6)19-8-7-18-13-24(34-17(3)30)23(31)15-27(18,4)25(19)22/h16,18-25,29,31H,7-15H2,1-6H3/t18-,19-,20-,21+,22+,23-,24-,25+,27-,28-/m0/s1. The van der Waals surface area contributed by atoms with Gasteiger partial charge in [-0.05, 0) is 98.3 Å². The summed E-state index contributed by atoms with van der Waals surface area (Å²) in [5, 5.41) is 15.0. The molecule has 0 aromatic carbocycles. The highest BCUT2D eigenvalue weighted by atomic mass is 16.6. The third kappa shape index (κ3) is 4.42. The Kier molecular flexibility index (Phi) is 7.42. The van der Waals surface area contributed by atoms with Gasteiger partial charge in [-0.25, -0.2) is 0 Å². The quantitative estimate of drug-likeness (QED) is 0.554. The SMILES string of the molecule is COC(=O)[C@H]1CC[C@H]2[C@@H]3CC[C@H]4C[C@H](OC(C)=O)[C@@H](O)C[C@]4(C)[C@H]3[C@H](NCCC(C)C)C[C@]12C. The van der Waals surface area contributed by atoms with Crippen LogP contribution in [-0.4, -0.2) is 48.9 Å². The lowest BCUT2D eigenvalue weighted by Crippen LogP contribution is -2.64. The molecule has 0 spiro atoms. The summed E-state index contributed by atoms with van der Waals surface area (Å²) in [6.45, 7) is 11.7. The van der Waals surface area contributed by atoms with Crippen LogP contribution in [0.3, 0.4) is 0 Å². The summed E-state index contributed by atoms with van der Waals surface area (Å²) < 4.78 is 10.8. The zero-order valence-corrected chi connectivity index (χ0v) is 22.1. The normalized spacial score (nSPS) is 45.8. The second-order valence-electron chi connectivity index (χ2n) is 12.8. The van der Waals surface area contributed by atoms with Crippen molar-refractivity contribution in [3.63, 3.8) is 0 Å². The van der Waals surface area contributed by atoms with E-state index < -0.39 is 6.10 Å². The van der Waals surface area contributed by atoms with Gasteiger partial charge >= 0.3 is 11.9 Å². The third-order valence-electron chi connectivity index (χ3n) is 10.5. The Hall–Kier alpha value is -1.14. The van der Waals surface area contributed by atoms with E-state index in [-0.39, 0.29) is 34.8 Å². The summed E-state index contributed by atoms with van der Waals surface area (Å²) in [4.78, 5) is 24.4. The van der Waals surface area contributed by atoms with E-state index in [2.05, 4.69) is 33.0 Å². The predicted molar refractivity (Wildman–Crippen MR) is 131 cm³/mol. The minimum absolute atomic E-state index is 0.000832. The molecule has 194 valence electrons. The molecule has 0 aliphatic heterocycles. The van der Waals surface area contributed by atoms with Crippen LogP contribution in [0, 0.1) is 46.3 Å². The smallest absolute Gasteiger partial charge is 0.309 e. The Labute approximate surface area is 205 Å². The van der Waals surface area contributed by atoms with Crippen molar-refractivity contribution in [1.82, 2.24) is 5.32 Å². The summed E-state index contributed by atoms with van der Waals surface area (Å²) in [5.74, 6) is 2.24. The van der Waals surface area contributed by atoms with Crippen LogP contribution in [0.15, 0.2) is 0 Å². The number of nitrogens with one attached hydrogen (secondary N) is 1. The molecule has 4 saturated carbocycles. The highest BCUT2D eigenvalue weighted by Crippen LogP contribution is 2.67. The Balaban J connectivity index is 1.65. The third-order valence-corrected chi connectivity index (χ3v) is 10.5. The Bertz CT molecular complexity index is 770. The monoisotopic (exact) mass is 477 g/mol. The number of fused-ring (bicyclic) bond motifs is 5. The van der Waals surface area contributed by atoms with Crippen LogP contribution >= 0.6 is 0 Å². The molecule has 0 aromatic heterocycles. The van der Waals surface area contributed by atoms with Gasteiger partial charge in [0.1, 0.15) is 6.10 Å². The number of aliphatic hydroxyl groups excluding tert-OH is 1. The molecular weight excluding hydrogens is 430 g/mol. The Morgan fingerprint density at radius 2 is 1.82 bits per heavy atom. The van der Waals surface area contributed by atoms with E-state index in [9.17, 15) is 14.7 Å². The second-order valence-corrected chi connectivity index (χ2v) is 12.8. The number of hydrogen-bond acceptors (Lipinski definition) is 6. The first-order valence-electron chi connectivity index (χ1n) is 13.7. The van der Waals surface area contributed by atoms with Crippen LogP contribution in [0.5, 0.6) is 0 Å². The van der Waals surface area contributed by atoms with E-state index in [1.807, 2.05) is 0 Å². The van der Waals surface area contributed by atoms with Crippen molar-refractivity contribution in [3.8, 4) is 0 Å². The van der Waals surface area contributed by atoms with Gasteiger partial charge in [-0.1, -0.05) is 27.7 Å². The number of esters is 2. The molecule has 6 heteroatoms. The van der Waals surface area contributed by atoms with Gasteiger partial charge in [0.05, 0.1) is 19.1 Å². The molecule has 4 fully saturated rings. The zero-order valence-electron chi connectivity index (χ0n) is 22.1. The second kappa shape index (κ2) is 9.72. The first-order valence-corrected chi connectivity index (χ1v) is 13.7. The molecule has 0 heterocycles. The molecule has 0 unspecified atom stereocenters. The average Bonchev–Trinajstić information content (AvgIpc) is 3.09. The maximum atomic E-state index is 12.8. The molecule has 34 heavy (non-hydrogen) atoms. The summed E-state index contributed by atoms with van der Waals surface area (Å²) in [6, 6.07) is 0.320. The average molecular weight is 478 g/mol. The fraction of sp³-hybridized carbons (Fsp3) is 0.929. The number of methoxy groups -OCH3 is 1. The molecule has 4 aliphatic carbocycles. The predicted octanol–water partition coefficient (Wildman–Crippen LogP) is 4.34. The first kappa shape index (κ1) is 25.9. The number of carbonyl (C=O) groups excluding carboxylic acids is 2. The number of carbonyl (C=O) groups is 2. The van der Waals surface area contributed by atoms with E-state index in [1.54, 1.807) is 0 Å². The maximum Gasteiger partial charge on any atom is 0.309 e. The highest BCUT2D eigenvalue weighted by Gasteiger charge is 2.65. The van der Waals surface area contributed by atoms with Gasteiger partial charge in [-0.3, -0.25) is 9.59 Å². The lowest BCUT2D eigenvalue weighted by molar-refractivity contribution is -0.188. The van der Waals surface area contributed by atoms with Gasteiger partial charge in [-0.2, -0.15) is 0 Å². The van der Waals surface area contributed by atoms with Crippen LogP contribution in [0.1, 0.15) is 86.0 Å². The first-order chi connectivity index (χ1) is 16.0. The lowest BCUT2D eigenvalue weighted by Gasteiger charge is -2.64. The van der Waals surface area contributed by atoms with Crippen LogP contribution in [0.4, 0.5) is 0 Å². The van der Waals surface area contributed by atoms with Gasteiger partial charge in [-0.15, -0.1) is 0 Å². The highest BCUT2D eigenvalue weighted by molar-refractivity contribution is 5.74.